The first kappa shape index (κ1) is 21.4. The first-order chi connectivity index (χ1) is 14.4. The molecule has 8 heteroatoms. The van der Waals surface area contributed by atoms with E-state index in [9.17, 15) is 13.2 Å². The number of amides is 1. The maximum absolute atomic E-state index is 12.4. The molecule has 3 rings (SSSR count). The number of carbonyl (C=O) groups is 1. The molecule has 0 aliphatic heterocycles. The van der Waals surface area contributed by atoms with Gasteiger partial charge >= 0.3 is 0 Å². The molecule has 154 valence electrons. The molecule has 0 atom stereocenters. The second-order valence-electron chi connectivity index (χ2n) is 6.21. The van der Waals surface area contributed by atoms with Gasteiger partial charge in [-0.2, -0.15) is 0 Å². The van der Waals surface area contributed by atoms with Crippen molar-refractivity contribution in [3.05, 3.63) is 96.0 Å². The Balaban J connectivity index is 1.64. The summed E-state index contributed by atoms with van der Waals surface area (Å²) in [5, 5.41) is 3.22. The number of anilines is 2. The van der Waals surface area contributed by atoms with Crippen molar-refractivity contribution in [1.29, 1.82) is 0 Å². The first-order valence-electron chi connectivity index (χ1n) is 8.91. The van der Waals surface area contributed by atoms with Crippen molar-refractivity contribution in [1.82, 2.24) is 0 Å². The molecular weight excluding hydrogens is 424 g/mol. The topological polar surface area (TPSA) is 84.5 Å². The minimum Gasteiger partial charge on any atom is -0.490 e. The van der Waals surface area contributed by atoms with Crippen LogP contribution in [-0.4, -0.2) is 20.9 Å². The summed E-state index contributed by atoms with van der Waals surface area (Å²) in [5.41, 5.74) is 1.33. The van der Waals surface area contributed by atoms with Crippen molar-refractivity contribution in [2.45, 2.75) is 4.90 Å². The lowest BCUT2D eigenvalue weighted by Crippen LogP contribution is -2.14. The lowest BCUT2D eigenvalue weighted by Gasteiger charge is -2.10. The van der Waals surface area contributed by atoms with Crippen LogP contribution in [0.4, 0.5) is 11.4 Å². The Hall–Kier alpha value is -3.29. The molecule has 3 aromatic rings. The molecule has 0 spiro atoms. The van der Waals surface area contributed by atoms with Gasteiger partial charge in [0.1, 0.15) is 12.4 Å². The molecule has 0 radical (unpaired) electrons. The van der Waals surface area contributed by atoms with Crippen LogP contribution in [0.25, 0.3) is 0 Å². The van der Waals surface area contributed by atoms with E-state index in [1.807, 2.05) is 0 Å². The average molecular weight is 443 g/mol. The van der Waals surface area contributed by atoms with E-state index >= 15 is 0 Å². The highest BCUT2D eigenvalue weighted by molar-refractivity contribution is 7.92. The van der Waals surface area contributed by atoms with Crippen LogP contribution in [0.2, 0.25) is 5.02 Å². The highest BCUT2D eigenvalue weighted by Gasteiger charge is 2.14. The third-order valence-corrected chi connectivity index (χ3v) is 5.65. The van der Waals surface area contributed by atoms with Gasteiger partial charge < -0.3 is 10.1 Å². The van der Waals surface area contributed by atoms with E-state index in [0.29, 0.717) is 34.3 Å². The van der Waals surface area contributed by atoms with Crippen molar-refractivity contribution >= 4 is 38.9 Å². The van der Waals surface area contributed by atoms with E-state index in [0.717, 1.165) is 0 Å². The Kier molecular flexibility index (Phi) is 6.76. The minimum absolute atomic E-state index is 0.0919. The number of hydrogen-bond donors (Lipinski definition) is 2. The van der Waals surface area contributed by atoms with E-state index in [1.54, 1.807) is 30.3 Å². The van der Waals surface area contributed by atoms with Gasteiger partial charge in [0.15, 0.2) is 0 Å². The number of nitrogens with one attached hydrogen (secondary N) is 2. The van der Waals surface area contributed by atoms with Crippen LogP contribution in [0, 0.1) is 0 Å². The van der Waals surface area contributed by atoms with Crippen LogP contribution in [-0.2, 0) is 10.0 Å². The second-order valence-corrected chi connectivity index (χ2v) is 8.33. The van der Waals surface area contributed by atoms with Crippen molar-refractivity contribution in [3.63, 3.8) is 0 Å². The van der Waals surface area contributed by atoms with Crippen LogP contribution in [0.1, 0.15) is 10.4 Å². The average Bonchev–Trinajstić information content (AvgIpc) is 2.74. The van der Waals surface area contributed by atoms with Crippen molar-refractivity contribution in [2.24, 2.45) is 0 Å². The predicted molar refractivity (Wildman–Crippen MR) is 119 cm³/mol. The third-order valence-electron chi connectivity index (χ3n) is 4.00. The lowest BCUT2D eigenvalue weighted by atomic mass is 10.2. The summed E-state index contributed by atoms with van der Waals surface area (Å²) in [6.45, 7) is 3.99. The van der Waals surface area contributed by atoms with E-state index < -0.39 is 10.0 Å². The van der Waals surface area contributed by atoms with Crippen LogP contribution in [0.5, 0.6) is 5.75 Å². The molecule has 0 aliphatic carbocycles. The third kappa shape index (κ3) is 5.62. The molecule has 0 fully saturated rings. The zero-order chi connectivity index (χ0) is 21.6. The number of rotatable bonds is 8. The maximum Gasteiger partial charge on any atom is 0.261 e. The Morgan fingerprint density at radius 3 is 2.13 bits per heavy atom. The fraction of sp³-hybridized carbons (Fsp3) is 0.0455. The van der Waals surface area contributed by atoms with Gasteiger partial charge in [-0.25, -0.2) is 8.42 Å². The van der Waals surface area contributed by atoms with Crippen molar-refractivity contribution in [3.8, 4) is 5.75 Å². The highest BCUT2D eigenvalue weighted by atomic mass is 35.5. The van der Waals surface area contributed by atoms with Crippen LogP contribution in [0.3, 0.4) is 0 Å². The predicted octanol–water partition coefficient (Wildman–Crippen LogP) is 4.96. The van der Waals surface area contributed by atoms with Crippen molar-refractivity contribution < 1.29 is 17.9 Å². The molecular formula is C22H19ClN2O4S. The summed E-state index contributed by atoms with van der Waals surface area (Å²) in [7, 11) is -3.75. The Morgan fingerprint density at radius 2 is 1.53 bits per heavy atom. The number of ether oxygens (including phenoxy) is 1. The number of carbonyl (C=O) groups excluding carboxylic acids is 1. The molecule has 3 aromatic carbocycles. The molecule has 0 heterocycles. The first-order valence-corrected chi connectivity index (χ1v) is 10.8. The quantitative estimate of drug-likeness (QED) is 0.483. The molecule has 0 bridgehead atoms. The van der Waals surface area contributed by atoms with Crippen LogP contribution >= 0.6 is 11.6 Å². The fourth-order valence-electron chi connectivity index (χ4n) is 2.51. The second kappa shape index (κ2) is 9.47. The summed E-state index contributed by atoms with van der Waals surface area (Å²) in [6, 6.07) is 18.9. The smallest absolute Gasteiger partial charge is 0.261 e. The summed E-state index contributed by atoms with van der Waals surface area (Å²) >= 11 is 5.79. The Bertz CT molecular complexity index is 1130. The molecule has 0 saturated heterocycles. The Morgan fingerprint density at radius 1 is 0.933 bits per heavy atom. The zero-order valence-corrected chi connectivity index (χ0v) is 17.4. The minimum atomic E-state index is -3.75. The van der Waals surface area contributed by atoms with Gasteiger partial charge in [-0.15, -0.1) is 0 Å². The van der Waals surface area contributed by atoms with Gasteiger partial charge in [0.2, 0.25) is 0 Å². The van der Waals surface area contributed by atoms with E-state index in [4.69, 9.17) is 16.3 Å². The molecule has 0 saturated carbocycles. The summed E-state index contributed by atoms with van der Waals surface area (Å²) in [6.07, 6.45) is 1.65. The summed E-state index contributed by atoms with van der Waals surface area (Å²) in [5.74, 6) is 0.354. The SMILES string of the molecule is C=CCOc1ccc(NC(=O)c2ccc(NS(=O)(=O)c3ccc(Cl)cc3)cc2)cc1. The van der Waals surface area contributed by atoms with Crippen LogP contribution in [0.15, 0.2) is 90.3 Å². The maximum atomic E-state index is 12.4. The molecule has 30 heavy (non-hydrogen) atoms. The van der Waals surface area contributed by atoms with E-state index in [1.165, 1.54) is 48.5 Å². The summed E-state index contributed by atoms with van der Waals surface area (Å²) in [4.78, 5) is 12.5. The highest BCUT2D eigenvalue weighted by Crippen LogP contribution is 2.20. The zero-order valence-electron chi connectivity index (χ0n) is 15.8. The molecule has 0 aliphatic rings. The van der Waals surface area contributed by atoms with Crippen molar-refractivity contribution in [2.75, 3.05) is 16.6 Å². The molecule has 1 amide bonds. The Labute approximate surface area is 180 Å². The van der Waals surface area contributed by atoms with Gasteiger partial charge in [-0.05, 0) is 72.8 Å². The van der Waals surface area contributed by atoms with E-state index in [2.05, 4.69) is 16.6 Å². The van der Waals surface area contributed by atoms with Gasteiger partial charge in [0.05, 0.1) is 4.90 Å². The normalized spacial score (nSPS) is 10.8. The van der Waals surface area contributed by atoms with Gasteiger partial charge in [0, 0.05) is 22.0 Å². The number of hydrogen-bond acceptors (Lipinski definition) is 4. The summed E-state index contributed by atoms with van der Waals surface area (Å²) < 4.78 is 32.7. The van der Waals surface area contributed by atoms with Gasteiger partial charge in [-0.3, -0.25) is 9.52 Å². The van der Waals surface area contributed by atoms with Gasteiger partial charge in [-0.1, -0.05) is 24.3 Å². The largest absolute Gasteiger partial charge is 0.490 e. The number of halogens is 1. The monoisotopic (exact) mass is 442 g/mol. The van der Waals surface area contributed by atoms with E-state index in [-0.39, 0.29) is 10.8 Å². The fourth-order valence-corrected chi connectivity index (χ4v) is 3.69. The van der Waals surface area contributed by atoms with Gasteiger partial charge in [0.25, 0.3) is 15.9 Å². The molecule has 2 N–H and O–H groups in total. The molecule has 0 aromatic heterocycles. The molecule has 0 unspecified atom stereocenters. The lowest BCUT2D eigenvalue weighted by molar-refractivity contribution is 0.102. The number of benzene rings is 3. The standard InChI is InChI=1S/C22H19ClN2O4S/c1-2-15-29-20-11-9-18(10-12-20)24-22(26)16-3-7-19(8-4-16)25-30(27,28)21-13-5-17(23)6-14-21/h2-14,25H,1,15H2,(H,24,26). The van der Waals surface area contributed by atoms with Crippen LogP contribution < -0.4 is 14.8 Å². The number of sulfonamides is 1. The molecule has 6 nitrogen and oxygen atoms in total.